The third kappa shape index (κ3) is 2.85. The van der Waals surface area contributed by atoms with Crippen molar-refractivity contribution >= 4 is 11.5 Å². The number of aromatic nitrogens is 3. The van der Waals surface area contributed by atoms with Gasteiger partial charge in [0, 0.05) is 41.3 Å². The van der Waals surface area contributed by atoms with Crippen LogP contribution >= 0.6 is 0 Å². The Kier molecular flexibility index (Phi) is 3.88. The molecular formula is C25H22N4. The molecule has 29 heavy (non-hydrogen) atoms. The van der Waals surface area contributed by atoms with Gasteiger partial charge in [0.05, 0.1) is 11.4 Å². The normalized spacial score (nSPS) is 12.7. The molecule has 142 valence electrons. The zero-order valence-electron chi connectivity index (χ0n) is 16.8. The molecule has 2 aromatic heterocycles. The summed E-state index contributed by atoms with van der Waals surface area (Å²) in [6.45, 7) is 8.35. The van der Waals surface area contributed by atoms with Crippen LogP contribution in [-0.2, 0) is 0 Å². The van der Waals surface area contributed by atoms with Crippen LogP contribution in [0.25, 0.3) is 33.8 Å². The lowest BCUT2D eigenvalue weighted by Gasteiger charge is -2.30. The fourth-order valence-corrected chi connectivity index (χ4v) is 3.99. The van der Waals surface area contributed by atoms with Crippen molar-refractivity contribution in [3.63, 3.8) is 0 Å². The van der Waals surface area contributed by atoms with E-state index in [9.17, 15) is 0 Å². The van der Waals surface area contributed by atoms with Gasteiger partial charge < -0.3 is 4.90 Å². The molecule has 0 N–H and O–H groups in total. The molecule has 4 aromatic rings. The zero-order valence-corrected chi connectivity index (χ0v) is 16.8. The summed E-state index contributed by atoms with van der Waals surface area (Å²) < 4.78 is 2.02. The van der Waals surface area contributed by atoms with Crippen molar-refractivity contribution in [1.29, 1.82) is 0 Å². The Hall–Kier alpha value is -3.66. The Morgan fingerprint density at radius 3 is 2.24 bits per heavy atom. The molecule has 0 unspecified atom stereocenters. The Balaban J connectivity index is 1.70. The van der Waals surface area contributed by atoms with Crippen molar-refractivity contribution in [3.8, 4) is 28.1 Å². The molecule has 0 atom stereocenters. The van der Waals surface area contributed by atoms with E-state index < -0.39 is 0 Å². The highest BCUT2D eigenvalue weighted by atomic mass is 15.4. The molecule has 2 aromatic carbocycles. The summed E-state index contributed by atoms with van der Waals surface area (Å²) in [5, 5.41) is 4.97. The number of fused-ring (bicyclic) bond motifs is 3. The second-order valence-corrected chi connectivity index (χ2v) is 7.54. The first-order valence-corrected chi connectivity index (χ1v) is 9.70. The predicted octanol–water partition coefficient (Wildman–Crippen LogP) is 5.64. The highest BCUT2D eigenvalue weighted by Crippen LogP contribution is 2.39. The smallest absolute Gasteiger partial charge is 0.137 e. The summed E-state index contributed by atoms with van der Waals surface area (Å²) in [4.78, 5) is 6.59. The largest absolute Gasteiger partial charge is 0.329 e. The molecule has 0 bridgehead atoms. The standard InChI is InChI=1S/C25H22N4/c1-16-12-21(13-17(2)26-16)23-15-25-28(4)18(3)22-11-10-20(14-24(22)29(25)27-23)19-8-6-5-7-9-19/h5-15H,3H2,1-2,4H3. The van der Waals surface area contributed by atoms with Gasteiger partial charge in [0.15, 0.2) is 0 Å². The molecule has 4 nitrogen and oxygen atoms in total. The summed E-state index contributed by atoms with van der Waals surface area (Å²) in [7, 11) is 2.04. The molecule has 3 heterocycles. The van der Waals surface area contributed by atoms with Gasteiger partial charge in [-0.05, 0) is 43.2 Å². The van der Waals surface area contributed by atoms with Crippen LogP contribution in [0.15, 0.2) is 73.3 Å². The monoisotopic (exact) mass is 378 g/mol. The third-order valence-corrected chi connectivity index (χ3v) is 5.46. The Labute approximate surface area is 170 Å². The zero-order chi connectivity index (χ0) is 20.1. The number of nitrogens with zero attached hydrogens (tertiary/aromatic N) is 4. The Morgan fingerprint density at radius 1 is 0.793 bits per heavy atom. The van der Waals surface area contributed by atoms with Crippen LogP contribution in [0.1, 0.15) is 17.0 Å². The quantitative estimate of drug-likeness (QED) is 0.453. The summed E-state index contributed by atoms with van der Waals surface area (Å²) >= 11 is 0. The van der Waals surface area contributed by atoms with Gasteiger partial charge in [0.25, 0.3) is 0 Å². The van der Waals surface area contributed by atoms with Crippen LogP contribution in [0, 0.1) is 13.8 Å². The first kappa shape index (κ1) is 17.4. The summed E-state index contributed by atoms with van der Waals surface area (Å²) in [5.41, 5.74) is 9.48. The van der Waals surface area contributed by atoms with Crippen molar-refractivity contribution in [2.45, 2.75) is 13.8 Å². The Bertz CT molecular complexity index is 1230. The van der Waals surface area contributed by atoms with Crippen LogP contribution in [0.4, 0.5) is 5.82 Å². The molecule has 5 rings (SSSR count). The predicted molar refractivity (Wildman–Crippen MR) is 119 cm³/mol. The maximum atomic E-state index is 4.97. The molecule has 0 amide bonds. The molecular weight excluding hydrogens is 356 g/mol. The minimum absolute atomic E-state index is 0.936. The second-order valence-electron chi connectivity index (χ2n) is 7.54. The fourth-order valence-electron chi connectivity index (χ4n) is 3.99. The molecule has 1 aliphatic heterocycles. The molecule has 0 spiro atoms. The number of aryl methyl sites for hydroxylation is 2. The number of pyridine rings is 1. The van der Waals surface area contributed by atoms with Gasteiger partial charge in [-0.2, -0.15) is 5.10 Å². The van der Waals surface area contributed by atoms with E-state index >= 15 is 0 Å². The third-order valence-electron chi connectivity index (χ3n) is 5.46. The molecule has 0 radical (unpaired) electrons. The summed E-state index contributed by atoms with van der Waals surface area (Å²) in [6, 6.07) is 23.2. The number of rotatable bonds is 2. The highest BCUT2D eigenvalue weighted by Gasteiger charge is 2.26. The molecule has 4 heteroatoms. The van der Waals surface area contributed by atoms with Crippen molar-refractivity contribution in [2.75, 3.05) is 11.9 Å². The number of hydrogen-bond acceptors (Lipinski definition) is 3. The van der Waals surface area contributed by atoms with Crippen molar-refractivity contribution in [3.05, 3.63) is 90.3 Å². The van der Waals surface area contributed by atoms with Gasteiger partial charge in [0.2, 0.25) is 0 Å². The van der Waals surface area contributed by atoms with E-state index in [1.54, 1.807) is 0 Å². The fraction of sp³-hybridized carbons (Fsp3) is 0.120. The minimum Gasteiger partial charge on any atom is -0.329 e. The minimum atomic E-state index is 0.936. The molecule has 0 fully saturated rings. The van der Waals surface area contributed by atoms with Gasteiger partial charge in [0.1, 0.15) is 5.82 Å². The van der Waals surface area contributed by atoms with Gasteiger partial charge >= 0.3 is 0 Å². The SMILES string of the molecule is C=C1c2ccc(-c3ccccc3)cc2-n2nc(-c3cc(C)nc(C)c3)cc2N1C. The lowest BCUT2D eigenvalue weighted by atomic mass is 10.00. The molecule has 1 aliphatic rings. The van der Waals surface area contributed by atoms with E-state index in [4.69, 9.17) is 5.10 Å². The highest BCUT2D eigenvalue weighted by molar-refractivity contribution is 5.87. The summed E-state index contributed by atoms with van der Waals surface area (Å²) in [6.07, 6.45) is 0. The maximum absolute atomic E-state index is 4.97. The molecule has 0 saturated heterocycles. The van der Waals surface area contributed by atoms with E-state index in [2.05, 4.69) is 77.1 Å². The van der Waals surface area contributed by atoms with Crippen LogP contribution in [0.2, 0.25) is 0 Å². The lowest BCUT2D eigenvalue weighted by Crippen LogP contribution is -2.24. The van der Waals surface area contributed by atoms with Crippen LogP contribution in [0.5, 0.6) is 0 Å². The van der Waals surface area contributed by atoms with Crippen LogP contribution in [0.3, 0.4) is 0 Å². The number of hydrogen-bond donors (Lipinski definition) is 0. The maximum Gasteiger partial charge on any atom is 0.137 e. The van der Waals surface area contributed by atoms with E-state index in [0.717, 1.165) is 45.4 Å². The number of benzene rings is 2. The average molecular weight is 378 g/mol. The van der Waals surface area contributed by atoms with Crippen molar-refractivity contribution in [2.24, 2.45) is 0 Å². The van der Waals surface area contributed by atoms with Gasteiger partial charge in [-0.25, -0.2) is 4.68 Å². The van der Waals surface area contributed by atoms with Crippen molar-refractivity contribution in [1.82, 2.24) is 14.8 Å². The average Bonchev–Trinajstić information content (AvgIpc) is 3.17. The van der Waals surface area contributed by atoms with E-state index in [1.807, 2.05) is 31.6 Å². The van der Waals surface area contributed by atoms with Crippen LogP contribution in [-0.4, -0.2) is 21.8 Å². The second kappa shape index (κ2) is 6.45. The van der Waals surface area contributed by atoms with E-state index in [1.165, 1.54) is 11.1 Å². The Morgan fingerprint density at radius 2 is 1.52 bits per heavy atom. The first-order valence-electron chi connectivity index (χ1n) is 9.70. The van der Waals surface area contributed by atoms with E-state index in [0.29, 0.717) is 0 Å². The van der Waals surface area contributed by atoms with Crippen molar-refractivity contribution < 1.29 is 0 Å². The van der Waals surface area contributed by atoms with Gasteiger partial charge in [-0.3, -0.25) is 4.98 Å². The lowest BCUT2D eigenvalue weighted by molar-refractivity contribution is 0.850. The number of anilines is 1. The topological polar surface area (TPSA) is 34.0 Å². The van der Waals surface area contributed by atoms with Crippen LogP contribution < -0.4 is 4.90 Å². The van der Waals surface area contributed by atoms with E-state index in [-0.39, 0.29) is 0 Å². The molecule has 0 saturated carbocycles. The van der Waals surface area contributed by atoms with Gasteiger partial charge in [-0.1, -0.05) is 49.0 Å². The summed E-state index contributed by atoms with van der Waals surface area (Å²) in [5.74, 6) is 1.01. The first-order chi connectivity index (χ1) is 14.0. The molecule has 0 aliphatic carbocycles. The van der Waals surface area contributed by atoms with Gasteiger partial charge in [-0.15, -0.1) is 0 Å².